The van der Waals surface area contributed by atoms with Crippen LogP contribution in [0.5, 0.6) is 0 Å². The molecule has 0 aliphatic carbocycles. The largest absolute Gasteiger partial charge is 0.278 e. The van der Waals surface area contributed by atoms with Crippen LogP contribution in [0.1, 0.15) is 5.69 Å². The highest BCUT2D eigenvalue weighted by molar-refractivity contribution is 5.83. The van der Waals surface area contributed by atoms with E-state index in [2.05, 4.69) is 10.2 Å². The van der Waals surface area contributed by atoms with Gasteiger partial charge in [-0.05, 0) is 6.07 Å². The molecule has 78 valence electrons. The quantitative estimate of drug-likeness (QED) is 0.620. The van der Waals surface area contributed by atoms with Gasteiger partial charge in [0.2, 0.25) is 0 Å². The van der Waals surface area contributed by atoms with Gasteiger partial charge in [-0.25, -0.2) is 0 Å². The van der Waals surface area contributed by atoms with Gasteiger partial charge in [-0.3, -0.25) is 19.6 Å². The van der Waals surface area contributed by atoms with Crippen molar-refractivity contribution in [2.45, 2.75) is 6.42 Å². The molecular weight excluding hydrogens is 201 g/mol. The van der Waals surface area contributed by atoms with Crippen molar-refractivity contribution in [3.8, 4) is 0 Å². The molecule has 0 bridgehead atoms. The van der Waals surface area contributed by atoms with Crippen LogP contribution >= 0.6 is 0 Å². The summed E-state index contributed by atoms with van der Waals surface area (Å²) >= 11 is 0. The Morgan fingerprint density at radius 1 is 1.53 bits per heavy atom. The monoisotopic (exact) mass is 209 g/mol. The van der Waals surface area contributed by atoms with Crippen LogP contribution in [0.15, 0.2) is 18.2 Å². The number of aromatic amines is 1. The maximum absolute atomic E-state index is 12.2. The van der Waals surface area contributed by atoms with Crippen LogP contribution < -0.4 is 0 Å². The van der Waals surface area contributed by atoms with Crippen LogP contribution in [-0.4, -0.2) is 21.8 Å². The molecule has 1 aromatic carbocycles. The van der Waals surface area contributed by atoms with E-state index in [1.165, 1.54) is 12.1 Å². The lowest BCUT2D eigenvalue weighted by molar-refractivity contribution is -0.384. The average molecular weight is 209 g/mol. The Labute approximate surface area is 84.1 Å². The minimum absolute atomic E-state index is 0.0102. The first-order chi connectivity index (χ1) is 7.22. The van der Waals surface area contributed by atoms with Crippen molar-refractivity contribution >= 4 is 16.6 Å². The average Bonchev–Trinajstić information content (AvgIpc) is 2.61. The lowest BCUT2D eigenvalue weighted by Gasteiger charge is -1.93. The molecule has 0 radical (unpaired) electrons. The van der Waals surface area contributed by atoms with E-state index in [4.69, 9.17) is 0 Å². The summed E-state index contributed by atoms with van der Waals surface area (Å²) in [4.78, 5) is 10.1. The Morgan fingerprint density at radius 2 is 2.33 bits per heavy atom. The summed E-state index contributed by atoms with van der Waals surface area (Å²) in [5, 5.41) is 17.7. The van der Waals surface area contributed by atoms with Crippen molar-refractivity contribution in [3.05, 3.63) is 34.0 Å². The number of non-ortho nitro benzene ring substituents is 1. The lowest BCUT2D eigenvalue weighted by Crippen LogP contribution is -1.89. The zero-order valence-corrected chi connectivity index (χ0v) is 7.74. The Hall–Kier alpha value is -1.98. The number of halogens is 1. The van der Waals surface area contributed by atoms with E-state index >= 15 is 0 Å². The highest BCUT2D eigenvalue weighted by atomic mass is 19.1. The van der Waals surface area contributed by atoms with Crippen molar-refractivity contribution in [3.63, 3.8) is 0 Å². The van der Waals surface area contributed by atoms with Gasteiger partial charge in [0.1, 0.15) is 0 Å². The summed E-state index contributed by atoms with van der Waals surface area (Å²) in [7, 11) is 0. The summed E-state index contributed by atoms with van der Waals surface area (Å²) in [5.41, 5.74) is 1.20. The van der Waals surface area contributed by atoms with E-state index < -0.39 is 11.6 Å². The molecule has 0 aliphatic rings. The number of fused-ring (bicyclic) bond motifs is 1. The second-order valence-electron chi connectivity index (χ2n) is 3.10. The minimum Gasteiger partial charge on any atom is -0.278 e. The van der Waals surface area contributed by atoms with E-state index in [1.54, 1.807) is 6.07 Å². The van der Waals surface area contributed by atoms with Crippen molar-refractivity contribution in [1.29, 1.82) is 0 Å². The van der Waals surface area contributed by atoms with E-state index in [0.717, 1.165) is 0 Å². The molecule has 0 aliphatic heterocycles. The molecule has 0 saturated heterocycles. The molecule has 0 amide bonds. The normalized spacial score (nSPS) is 10.7. The van der Waals surface area contributed by atoms with Gasteiger partial charge in [0.25, 0.3) is 5.69 Å². The van der Waals surface area contributed by atoms with E-state index in [0.29, 0.717) is 16.6 Å². The third-order valence-corrected chi connectivity index (χ3v) is 2.17. The lowest BCUT2D eigenvalue weighted by atomic mass is 10.1. The van der Waals surface area contributed by atoms with Gasteiger partial charge in [0.05, 0.1) is 22.8 Å². The fraction of sp³-hybridized carbons (Fsp3) is 0.222. The summed E-state index contributed by atoms with van der Waals surface area (Å²) in [6.45, 7) is -0.525. The topological polar surface area (TPSA) is 71.8 Å². The van der Waals surface area contributed by atoms with Crippen LogP contribution in [0.4, 0.5) is 10.1 Å². The molecule has 0 unspecified atom stereocenters. The van der Waals surface area contributed by atoms with Gasteiger partial charge in [-0.2, -0.15) is 5.10 Å². The van der Waals surface area contributed by atoms with Crippen LogP contribution in [0, 0.1) is 10.1 Å². The summed E-state index contributed by atoms with van der Waals surface area (Å²) < 4.78 is 12.2. The zero-order valence-electron chi connectivity index (χ0n) is 7.74. The van der Waals surface area contributed by atoms with Crippen LogP contribution in [0.3, 0.4) is 0 Å². The second kappa shape index (κ2) is 3.64. The van der Waals surface area contributed by atoms with E-state index in [9.17, 15) is 14.5 Å². The Balaban J connectivity index is 2.56. The number of aromatic nitrogens is 2. The predicted molar refractivity (Wildman–Crippen MR) is 52.4 cm³/mol. The number of nitro groups is 1. The first kappa shape index (κ1) is 9.57. The summed E-state index contributed by atoms with van der Waals surface area (Å²) in [5.74, 6) is 0. The third-order valence-electron chi connectivity index (χ3n) is 2.17. The summed E-state index contributed by atoms with van der Waals surface area (Å²) in [6.07, 6.45) is 0.168. The molecule has 1 heterocycles. The fourth-order valence-electron chi connectivity index (χ4n) is 1.45. The minimum atomic E-state index is -0.525. The van der Waals surface area contributed by atoms with Gasteiger partial charge < -0.3 is 0 Å². The Bertz CT molecular complexity index is 509. The van der Waals surface area contributed by atoms with Gasteiger partial charge in [0.15, 0.2) is 0 Å². The molecule has 1 N–H and O–H groups in total. The maximum atomic E-state index is 12.2. The number of nitro benzene ring substituents is 1. The molecule has 2 rings (SSSR count). The molecule has 0 saturated carbocycles. The summed E-state index contributed by atoms with van der Waals surface area (Å²) in [6, 6.07) is 4.37. The number of nitrogens with zero attached hydrogens (tertiary/aromatic N) is 2. The van der Waals surface area contributed by atoms with Crippen LogP contribution in [-0.2, 0) is 6.42 Å². The van der Waals surface area contributed by atoms with Crippen molar-refractivity contribution in [2.75, 3.05) is 6.67 Å². The molecule has 6 heteroatoms. The van der Waals surface area contributed by atoms with Gasteiger partial charge in [-0.15, -0.1) is 0 Å². The zero-order chi connectivity index (χ0) is 10.8. The Morgan fingerprint density at radius 3 is 3.00 bits per heavy atom. The molecule has 15 heavy (non-hydrogen) atoms. The number of hydrogen-bond acceptors (Lipinski definition) is 3. The third kappa shape index (κ3) is 1.65. The fourth-order valence-corrected chi connectivity index (χ4v) is 1.45. The van der Waals surface area contributed by atoms with E-state index in [-0.39, 0.29) is 12.1 Å². The number of rotatable bonds is 3. The van der Waals surface area contributed by atoms with Gasteiger partial charge >= 0.3 is 0 Å². The van der Waals surface area contributed by atoms with Gasteiger partial charge in [-0.1, -0.05) is 0 Å². The number of H-pyrrole nitrogens is 1. The smallest absolute Gasteiger partial charge is 0.270 e. The van der Waals surface area contributed by atoms with Crippen molar-refractivity contribution in [2.24, 2.45) is 0 Å². The maximum Gasteiger partial charge on any atom is 0.270 e. The van der Waals surface area contributed by atoms with Crippen molar-refractivity contribution < 1.29 is 9.31 Å². The standard InChI is InChI=1S/C9H8FN3O2/c10-4-3-9-7-5-6(13(14)15)1-2-8(7)11-12-9/h1-2,5H,3-4H2,(H,11,12). The molecule has 0 atom stereocenters. The molecule has 2 aromatic rings. The molecule has 0 spiro atoms. The number of alkyl halides is 1. The van der Waals surface area contributed by atoms with Crippen LogP contribution in [0.2, 0.25) is 0 Å². The number of benzene rings is 1. The van der Waals surface area contributed by atoms with E-state index in [1.807, 2.05) is 0 Å². The van der Waals surface area contributed by atoms with Crippen molar-refractivity contribution in [1.82, 2.24) is 10.2 Å². The molecular formula is C9H8FN3O2. The number of hydrogen-bond donors (Lipinski definition) is 1. The predicted octanol–water partition coefficient (Wildman–Crippen LogP) is 1.98. The highest BCUT2D eigenvalue weighted by Gasteiger charge is 2.11. The van der Waals surface area contributed by atoms with Crippen LogP contribution in [0.25, 0.3) is 10.9 Å². The Kier molecular flexibility index (Phi) is 2.32. The number of nitrogens with one attached hydrogen (secondary N) is 1. The number of aryl methyl sites for hydroxylation is 1. The first-order valence-electron chi connectivity index (χ1n) is 4.39. The van der Waals surface area contributed by atoms with Gasteiger partial charge in [0, 0.05) is 23.9 Å². The SMILES string of the molecule is O=[N+]([O-])c1ccc2[nH]nc(CCF)c2c1. The molecule has 1 aromatic heterocycles. The molecule has 0 fully saturated rings. The first-order valence-corrected chi connectivity index (χ1v) is 4.39. The highest BCUT2D eigenvalue weighted by Crippen LogP contribution is 2.22. The second-order valence-corrected chi connectivity index (χ2v) is 3.10. The molecule has 5 nitrogen and oxygen atoms in total.